The van der Waals surface area contributed by atoms with Crippen molar-refractivity contribution in [2.75, 3.05) is 26.2 Å². The number of imidazole rings is 1. The van der Waals surface area contributed by atoms with Gasteiger partial charge in [0.05, 0.1) is 11.0 Å². The number of nitrogens with zero attached hydrogens (tertiary/aromatic N) is 2. The topological polar surface area (TPSA) is 99.2 Å². The number of piperidine rings is 2. The molecule has 8 nitrogen and oxygen atoms in total. The normalized spacial score (nSPS) is 18.3. The van der Waals surface area contributed by atoms with Crippen LogP contribution in [0.1, 0.15) is 44.2 Å². The molecule has 9 heteroatoms. The monoisotopic (exact) mass is 561 g/mol. The van der Waals surface area contributed by atoms with Crippen LogP contribution in [-0.4, -0.2) is 52.4 Å². The van der Waals surface area contributed by atoms with E-state index < -0.39 is 5.54 Å². The number of hydrogen-bond donors (Lipinski definition) is 3. The first kappa shape index (κ1) is 27.9. The second-order valence-corrected chi connectivity index (χ2v) is 11.0. The van der Waals surface area contributed by atoms with Gasteiger partial charge < -0.3 is 20.5 Å². The van der Waals surface area contributed by atoms with E-state index in [9.17, 15) is 14.4 Å². The highest BCUT2D eigenvalue weighted by Gasteiger charge is 2.43. The average molecular weight is 562 g/mol. The zero-order valence-electron chi connectivity index (χ0n) is 22.7. The number of rotatable bonds is 5. The van der Waals surface area contributed by atoms with Gasteiger partial charge in [0.15, 0.2) is 0 Å². The van der Waals surface area contributed by atoms with Crippen LogP contribution in [0.3, 0.4) is 0 Å². The second-order valence-electron chi connectivity index (χ2n) is 11.0. The lowest BCUT2D eigenvalue weighted by Crippen LogP contribution is -2.58. The lowest BCUT2D eigenvalue weighted by atomic mass is 9.84. The highest BCUT2D eigenvalue weighted by Crippen LogP contribution is 2.34. The largest absolute Gasteiger partial charge is 0.340 e. The minimum atomic E-state index is -1.22. The summed E-state index contributed by atoms with van der Waals surface area (Å²) in [6, 6.07) is 21.7. The molecular weight excluding hydrogens is 526 g/mol. The fourth-order valence-corrected chi connectivity index (χ4v) is 6.41. The number of amides is 2. The zero-order chi connectivity index (χ0) is 27.0. The summed E-state index contributed by atoms with van der Waals surface area (Å²) in [7, 11) is 0. The van der Waals surface area contributed by atoms with E-state index >= 15 is 0 Å². The summed E-state index contributed by atoms with van der Waals surface area (Å²) in [5, 5.41) is 8.52. The molecule has 1 aromatic heterocycles. The first-order chi connectivity index (χ1) is 19.0. The maximum absolute atomic E-state index is 14.4. The molecule has 2 amide bonds. The molecule has 0 spiro atoms. The molecule has 0 bridgehead atoms. The average Bonchev–Trinajstić information content (AvgIpc) is 3.32. The van der Waals surface area contributed by atoms with Gasteiger partial charge in [-0.15, -0.1) is 12.4 Å². The highest BCUT2D eigenvalue weighted by atomic mass is 35.5. The van der Waals surface area contributed by atoms with Crippen LogP contribution >= 0.6 is 12.4 Å². The Bertz CT molecular complexity index is 1580. The van der Waals surface area contributed by atoms with Crippen LogP contribution in [0.4, 0.5) is 0 Å². The fourth-order valence-electron chi connectivity index (χ4n) is 6.41. The van der Waals surface area contributed by atoms with E-state index in [1.54, 1.807) is 0 Å². The minimum absolute atomic E-state index is 0. The van der Waals surface area contributed by atoms with Gasteiger partial charge >= 0.3 is 5.69 Å². The Kier molecular flexibility index (Phi) is 8.01. The standard InChI is InChI=1S/C31H35N5O3.ClH/c1-31(34-28(37)22-13-17-32-18-14-22,25-10-6-8-21-7-2-3-9-24(21)25)29(38)35-19-15-23(16-20-35)36-27-12-5-4-11-26(27)33-30(36)39;/h2-12,22-23,32H,13-20H2,1H3,(H,33,39)(H,34,37);1H/t31-;/m1./s1. The molecule has 210 valence electrons. The van der Waals surface area contributed by atoms with E-state index in [4.69, 9.17) is 0 Å². The first-order valence-corrected chi connectivity index (χ1v) is 14.0. The predicted molar refractivity (Wildman–Crippen MR) is 160 cm³/mol. The van der Waals surface area contributed by atoms with Crippen LogP contribution in [0.5, 0.6) is 0 Å². The van der Waals surface area contributed by atoms with Gasteiger partial charge in [0.25, 0.3) is 5.91 Å². The van der Waals surface area contributed by atoms with Crippen LogP contribution < -0.4 is 16.3 Å². The molecule has 6 rings (SSSR count). The molecule has 4 aromatic rings. The van der Waals surface area contributed by atoms with Crippen molar-refractivity contribution in [1.29, 1.82) is 0 Å². The summed E-state index contributed by atoms with van der Waals surface area (Å²) in [5.74, 6) is -0.292. The lowest BCUT2D eigenvalue weighted by molar-refractivity contribution is -0.144. The Morgan fingerprint density at radius 3 is 2.35 bits per heavy atom. The van der Waals surface area contributed by atoms with Crippen LogP contribution in [0.25, 0.3) is 21.8 Å². The maximum Gasteiger partial charge on any atom is 0.326 e. The van der Waals surface area contributed by atoms with E-state index in [2.05, 4.69) is 15.6 Å². The molecule has 2 aliphatic heterocycles. The third kappa shape index (κ3) is 5.02. The maximum atomic E-state index is 14.4. The van der Waals surface area contributed by atoms with Crippen LogP contribution in [0.15, 0.2) is 71.5 Å². The summed E-state index contributed by atoms with van der Waals surface area (Å²) < 4.78 is 1.83. The number of benzene rings is 3. The Hall–Kier alpha value is -3.62. The van der Waals surface area contributed by atoms with Crippen LogP contribution in [-0.2, 0) is 15.1 Å². The van der Waals surface area contributed by atoms with E-state index in [1.807, 2.05) is 83.1 Å². The first-order valence-electron chi connectivity index (χ1n) is 14.0. The Balaban J connectivity index is 0.00000323. The summed E-state index contributed by atoms with van der Waals surface area (Å²) >= 11 is 0. The van der Waals surface area contributed by atoms with Crippen molar-refractivity contribution < 1.29 is 9.59 Å². The van der Waals surface area contributed by atoms with Crippen molar-refractivity contribution in [2.45, 2.75) is 44.2 Å². The fraction of sp³-hybridized carbons (Fsp3) is 0.387. The van der Waals surface area contributed by atoms with Crippen molar-refractivity contribution >= 4 is 46.0 Å². The molecule has 0 radical (unpaired) electrons. The van der Waals surface area contributed by atoms with Crippen LogP contribution in [0.2, 0.25) is 0 Å². The Morgan fingerprint density at radius 1 is 0.900 bits per heavy atom. The molecule has 1 atom stereocenters. The molecule has 0 aliphatic carbocycles. The molecule has 3 heterocycles. The van der Waals surface area contributed by atoms with E-state index in [0.29, 0.717) is 25.9 Å². The molecule has 40 heavy (non-hydrogen) atoms. The SMILES string of the molecule is C[C@](NC(=O)C1CCNCC1)(C(=O)N1CCC(n2c(=O)[nH]c3ccccc32)CC1)c1cccc2ccccc12.Cl. The lowest BCUT2D eigenvalue weighted by Gasteiger charge is -2.40. The van der Waals surface area contributed by atoms with Gasteiger partial charge in [-0.1, -0.05) is 54.6 Å². The van der Waals surface area contributed by atoms with E-state index in [0.717, 1.165) is 53.3 Å². The van der Waals surface area contributed by atoms with Gasteiger partial charge in [-0.25, -0.2) is 4.79 Å². The quantitative estimate of drug-likeness (QED) is 0.342. The smallest absolute Gasteiger partial charge is 0.326 e. The third-order valence-corrected chi connectivity index (χ3v) is 8.58. The van der Waals surface area contributed by atoms with Crippen molar-refractivity contribution in [2.24, 2.45) is 5.92 Å². The summed E-state index contributed by atoms with van der Waals surface area (Å²) in [5.41, 5.74) is 1.19. The number of halogens is 1. The van der Waals surface area contributed by atoms with E-state index in [1.165, 1.54) is 0 Å². The summed E-state index contributed by atoms with van der Waals surface area (Å²) in [6.07, 6.45) is 2.86. The third-order valence-electron chi connectivity index (χ3n) is 8.58. The number of aromatic nitrogens is 2. The number of carbonyl (C=O) groups is 2. The number of likely N-dealkylation sites (tertiary alicyclic amines) is 1. The summed E-state index contributed by atoms with van der Waals surface area (Å²) in [4.78, 5) is 45.5. The number of hydrogen-bond acceptors (Lipinski definition) is 4. The highest BCUT2D eigenvalue weighted by molar-refractivity contribution is 5.98. The van der Waals surface area contributed by atoms with Gasteiger partial charge in [0, 0.05) is 25.0 Å². The summed E-state index contributed by atoms with van der Waals surface area (Å²) in [6.45, 7) is 4.49. The molecule has 3 N–H and O–H groups in total. The van der Waals surface area contributed by atoms with Crippen molar-refractivity contribution in [1.82, 2.24) is 25.1 Å². The molecule has 0 saturated carbocycles. The number of H-pyrrole nitrogens is 1. The van der Waals surface area contributed by atoms with E-state index in [-0.39, 0.29) is 41.9 Å². The van der Waals surface area contributed by atoms with Crippen LogP contribution in [0, 0.1) is 5.92 Å². The molecular formula is C31H36ClN5O3. The predicted octanol–water partition coefficient (Wildman–Crippen LogP) is 4.10. The van der Waals surface area contributed by atoms with Gasteiger partial charge in [-0.05, 0) is 74.2 Å². The van der Waals surface area contributed by atoms with Crippen molar-refractivity contribution in [3.05, 3.63) is 82.8 Å². The van der Waals surface area contributed by atoms with Crippen molar-refractivity contribution in [3.8, 4) is 0 Å². The number of para-hydroxylation sites is 2. The number of nitrogens with one attached hydrogen (secondary N) is 3. The van der Waals surface area contributed by atoms with Crippen molar-refractivity contribution in [3.63, 3.8) is 0 Å². The van der Waals surface area contributed by atoms with Gasteiger partial charge in [-0.2, -0.15) is 0 Å². The zero-order valence-corrected chi connectivity index (χ0v) is 23.5. The number of aromatic amines is 1. The Morgan fingerprint density at radius 2 is 1.57 bits per heavy atom. The molecule has 2 aliphatic rings. The molecule has 0 unspecified atom stereocenters. The number of fused-ring (bicyclic) bond motifs is 2. The van der Waals surface area contributed by atoms with Gasteiger partial charge in [-0.3, -0.25) is 14.2 Å². The molecule has 2 saturated heterocycles. The van der Waals surface area contributed by atoms with Gasteiger partial charge in [0.2, 0.25) is 5.91 Å². The van der Waals surface area contributed by atoms with Gasteiger partial charge in [0.1, 0.15) is 5.54 Å². The second kappa shape index (κ2) is 11.5. The minimum Gasteiger partial charge on any atom is -0.340 e. The Labute approximate surface area is 239 Å². The number of carbonyl (C=O) groups excluding carboxylic acids is 2. The molecule has 3 aromatic carbocycles. The molecule has 2 fully saturated rings.